The topological polar surface area (TPSA) is 57.6 Å². The van der Waals surface area contributed by atoms with Crippen molar-refractivity contribution in [2.45, 2.75) is 19.9 Å². The summed E-state index contributed by atoms with van der Waals surface area (Å²) in [6, 6.07) is 3.59. The van der Waals surface area contributed by atoms with Gasteiger partial charge in [0.05, 0.1) is 4.47 Å². The van der Waals surface area contributed by atoms with Gasteiger partial charge in [-0.05, 0) is 48.0 Å². The predicted octanol–water partition coefficient (Wildman–Crippen LogP) is 2.52. The first-order chi connectivity index (χ1) is 8.32. The van der Waals surface area contributed by atoms with Gasteiger partial charge in [-0.15, -0.1) is 0 Å². The highest BCUT2D eigenvalue weighted by Crippen LogP contribution is 2.18. The zero-order chi connectivity index (χ0) is 13.9. The van der Waals surface area contributed by atoms with Gasteiger partial charge in [0, 0.05) is 11.6 Å². The van der Waals surface area contributed by atoms with Crippen LogP contribution in [0.25, 0.3) is 0 Å². The number of aliphatic carboxylic acids is 1. The van der Waals surface area contributed by atoms with Crippen molar-refractivity contribution in [1.29, 1.82) is 0 Å². The van der Waals surface area contributed by atoms with E-state index in [0.717, 1.165) is 6.07 Å². The molecule has 0 aliphatic heterocycles. The minimum Gasteiger partial charge on any atom is -0.480 e. The van der Waals surface area contributed by atoms with E-state index in [1.807, 2.05) is 0 Å². The molecule has 6 heteroatoms. The molecule has 1 aromatic carbocycles. The number of rotatable bonds is 4. The number of halogens is 2. The van der Waals surface area contributed by atoms with Crippen LogP contribution in [0.5, 0.6) is 0 Å². The Bertz CT molecular complexity index is 476. The van der Waals surface area contributed by atoms with Crippen molar-refractivity contribution < 1.29 is 19.1 Å². The highest BCUT2D eigenvalue weighted by molar-refractivity contribution is 9.10. The number of carboxylic acids is 1. The summed E-state index contributed by atoms with van der Waals surface area (Å²) in [5.74, 6) is -1.99. The lowest BCUT2D eigenvalue weighted by Crippen LogP contribution is -2.40. The molecule has 1 aromatic rings. The highest BCUT2D eigenvalue weighted by Gasteiger charge is 2.21. The summed E-state index contributed by atoms with van der Waals surface area (Å²) in [6.45, 7) is 3.06. The van der Waals surface area contributed by atoms with Crippen molar-refractivity contribution in [3.8, 4) is 0 Å². The molecule has 0 aromatic heterocycles. The molecule has 4 nitrogen and oxygen atoms in total. The fourth-order valence-corrected chi connectivity index (χ4v) is 1.81. The van der Waals surface area contributed by atoms with Crippen LogP contribution in [0.2, 0.25) is 0 Å². The molecule has 0 unspecified atom stereocenters. The van der Waals surface area contributed by atoms with Crippen LogP contribution in [-0.4, -0.2) is 34.5 Å². The summed E-state index contributed by atoms with van der Waals surface area (Å²) in [5, 5.41) is 8.76. The first-order valence-corrected chi connectivity index (χ1v) is 6.10. The maximum Gasteiger partial charge on any atom is 0.323 e. The van der Waals surface area contributed by atoms with Crippen molar-refractivity contribution in [3.05, 3.63) is 34.1 Å². The highest BCUT2D eigenvalue weighted by atomic mass is 79.9. The molecule has 0 saturated carbocycles. The molecular formula is C12H13BrFNO3. The third-order valence-corrected chi connectivity index (χ3v) is 2.96. The molecule has 0 radical (unpaired) electrons. The summed E-state index contributed by atoms with van der Waals surface area (Å²) >= 11 is 2.99. The number of carbonyl (C=O) groups is 2. The number of hydrogen-bond acceptors (Lipinski definition) is 2. The van der Waals surface area contributed by atoms with Gasteiger partial charge in [0.1, 0.15) is 12.4 Å². The quantitative estimate of drug-likeness (QED) is 0.928. The Kier molecular flexibility index (Phi) is 4.84. The van der Waals surface area contributed by atoms with Crippen molar-refractivity contribution in [2.24, 2.45) is 0 Å². The number of amides is 1. The van der Waals surface area contributed by atoms with Crippen molar-refractivity contribution in [2.75, 3.05) is 6.54 Å². The maximum absolute atomic E-state index is 13.1. The number of hydrogen-bond donors (Lipinski definition) is 1. The minimum absolute atomic E-state index is 0.174. The van der Waals surface area contributed by atoms with Crippen LogP contribution in [0.4, 0.5) is 4.39 Å². The second-order valence-corrected chi connectivity index (χ2v) is 4.90. The molecule has 0 heterocycles. The molecule has 0 aliphatic carbocycles. The zero-order valence-electron chi connectivity index (χ0n) is 9.98. The molecule has 0 bridgehead atoms. The molecule has 0 spiro atoms. The number of benzene rings is 1. The summed E-state index contributed by atoms with van der Waals surface area (Å²) in [5.41, 5.74) is 0.248. The Morgan fingerprint density at radius 2 is 2.06 bits per heavy atom. The average molecular weight is 318 g/mol. The molecule has 98 valence electrons. The zero-order valence-corrected chi connectivity index (χ0v) is 11.6. The SMILES string of the molecule is CC(C)N(CC(=O)O)C(=O)c1ccc(F)c(Br)c1. The van der Waals surface area contributed by atoms with Crippen molar-refractivity contribution in [3.63, 3.8) is 0 Å². The molecule has 0 saturated heterocycles. The van der Waals surface area contributed by atoms with E-state index in [2.05, 4.69) is 15.9 Å². The first-order valence-electron chi connectivity index (χ1n) is 5.30. The second-order valence-electron chi connectivity index (χ2n) is 4.05. The van der Waals surface area contributed by atoms with E-state index in [1.54, 1.807) is 13.8 Å². The smallest absolute Gasteiger partial charge is 0.323 e. The van der Waals surface area contributed by atoms with Crippen molar-refractivity contribution in [1.82, 2.24) is 4.90 Å². The Morgan fingerprint density at radius 3 is 2.50 bits per heavy atom. The molecule has 1 rings (SSSR count). The van der Waals surface area contributed by atoms with Gasteiger partial charge >= 0.3 is 5.97 Å². The van der Waals surface area contributed by atoms with E-state index in [9.17, 15) is 14.0 Å². The van der Waals surface area contributed by atoms with Crippen LogP contribution in [-0.2, 0) is 4.79 Å². The molecule has 0 atom stereocenters. The predicted molar refractivity (Wildman–Crippen MR) is 67.9 cm³/mol. The third kappa shape index (κ3) is 3.53. The molecule has 0 aliphatic rings. The van der Waals surface area contributed by atoms with Gasteiger partial charge in [-0.2, -0.15) is 0 Å². The van der Waals surface area contributed by atoms with Gasteiger partial charge in [0.25, 0.3) is 5.91 Å². The monoisotopic (exact) mass is 317 g/mol. The molecule has 18 heavy (non-hydrogen) atoms. The van der Waals surface area contributed by atoms with E-state index < -0.39 is 17.7 Å². The van der Waals surface area contributed by atoms with Crippen LogP contribution in [0.15, 0.2) is 22.7 Å². The lowest BCUT2D eigenvalue weighted by Gasteiger charge is -2.25. The van der Waals surface area contributed by atoms with Crippen LogP contribution < -0.4 is 0 Å². The second kappa shape index (κ2) is 5.95. The molecule has 0 fully saturated rings. The summed E-state index contributed by atoms with van der Waals surface area (Å²) in [4.78, 5) is 24.0. The molecule has 1 N–H and O–H groups in total. The van der Waals surface area contributed by atoms with Crippen LogP contribution >= 0.6 is 15.9 Å². The van der Waals surface area contributed by atoms with E-state index >= 15 is 0 Å². The summed E-state index contributed by atoms with van der Waals surface area (Å²) in [6.07, 6.45) is 0. The standard InChI is InChI=1S/C12H13BrFNO3/c1-7(2)15(6-11(16)17)12(18)8-3-4-10(14)9(13)5-8/h3-5,7H,6H2,1-2H3,(H,16,17). The van der Waals surface area contributed by atoms with Gasteiger partial charge in [-0.1, -0.05) is 0 Å². The van der Waals surface area contributed by atoms with Crippen LogP contribution in [0.1, 0.15) is 24.2 Å². The van der Waals surface area contributed by atoms with Crippen LogP contribution in [0, 0.1) is 5.82 Å². The van der Waals surface area contributed by atoms with Crippen molar-refractivity contribution >= 4 is 27.8 Å². The largest absolute Gasteiger partial charge is 0.480 e. The summed E-state index contributed by atoms with van der Waals surface area (Å²) in [7, 11) is 0. The third-order valence-electron chi connectivity index (χ3n) is 2.36. The molecule has 1 amide bonds. The average Bonchev–Trinajstić information content (AvgIpc) is 2.28. The van der Waals surface area contributed by atoms with Gasteiger partial charge in [0.15, 0.2) is 0 Å². The van der Waals surface area contributed by atoms with Gasteiger partial charge < -0.3 is 10.0 Å². The van der Waals surface area contributed by atoms with E-state index in [4.69, 9.17) is 5.11 Å². The Labute approximate surface area is 113 Å². The normalized spacial score (nSPS) is 10.5. The summed E-state index contributed by atoms with van der Waals surface area (Å²) < 4.78 is 13.2. The minimum atomic E-state index is -1.08. The lowest BCUT2D eigenvalue weighted by atomic mass is 10.1. The maximum atomic E-state index is 13.1. The van der Waals surface area contributed by atoms with E-state index in [-0.39, 0.29) is 22.6 Å². The number of carboxylic acid groups (broad SMARTS) is 1. The first kappa shape index (κ1) is 14.6. The van der Waals surface area contributed by atoms with Crippen LogP contribution in [0.3, 0.4) is 0 Å². The van der Waals surface area contributed by atoms with E-state index in [1.165, 1.54) is 17.0 Å². The van der Waals surface area contributed by atoms with Gasteiger partial charge in [0.2, 0.25) is 0 Å². The van der Waals surface area contributed by atoms with Gasteiger partial charge in [-0.3, -0.25) is 9.59 Å². The molecular weight excluding hydrogens is 305 g/mol. The fourth-order valence-electron chi connectivity index (χ4n) is 1.43. The lowest BCUT2D eigenvalue weighted by molar-refractivity contribution is -0.138. The Balaban J connectivity index is 3.02. The Hall–Kier alpha value is -1.43. The fraction of sp³-hybridized carbons (Fsp3) is 0.333. The number of nitrogens with zero attached hydrogens (tertiary/aromatic N) is 1. The number of carbonyl (C=O) groups excluding carboxylic acids is 1. The van der Waals surface area contributed by atoms with Gasteiger partial charge in [-0.25, -0.2) is 4.39 Å². The Morgan fingerprint density at radius 1 is 1.44 bits per heavy atom. The van der Waals surface area contributed by atoms with E-state index in [0.29, 0.717) is 0 Å².